The third-order valence-corrected chi connectivity index (χ3v) is 9.54. The van der Waals surface area contributed by atoms with Crippen LogP contribution >= 0.6 is 41.2 Å². The molecule has 2 aliphatic rings. The van der Waals surface area contributed by atoms with E-state index in [9.17, 15) is 0 Å². The molecule has 0 amide bonds. The van der Waals surface area contributed by atoms with Crippen molar-refractivity contribution in [1.29, 1.82) is 0 Å². The van der Waals surface area contributed by atoms with Crippen LogP contribution in [0.4, 0.5) is 0 Å². The Labute approximate surface area is 77.2 Å². The third kappa shape index (κ3) is 1.76. The minimum absolute atomic E-state index is 0.977. The molecule has 2 unspecified atom stereocenters. The van der Waals surface area contributed by atoms with Crippen molar-refractivity contribution in [2.75, 3.05) is 0 Å². The van der Waals surface area contributed by atoms with Gasteiger partial charge in [0.2, 0.25) is 0 Å². The number of fused-ring (bicyclic) bond motifs is 1. The quantitative estimate of drug-likeness (QED) is 0.554. The molecule has 10 heavy (non-hydrogen) atoms. The normalized spacial score (nSPS) is 40.8. The van der Waals surface area contributed by atoms with Gasteiger partial charge in [-0.1, -0.05) is 34.4 Å². The van der Waals surface area contributed by atoms with E-state index < -0.39 is 0 Å². The fourth-order valence-corrected chi connectivity index (χ4v) is 9.79. The van der Waals surface area contributed by atoms with Gasteiger partial charge in [-0.25, -0.2) is 0 Å². The summed E-state index contributed by atoms with van der Waals surface area (Å²) in [5.41, 5.74) is 0. The van der Waals surface area contributed by atoms with E-state index in [1.165, 1.54) is 25.7 Å². The standard InChI is InChI=1S/C6H10S4/c1-2-4-6-5(3-1)7-9-10-8-6/h5-6H,1-4H2. The summed E-state index contributed by atoms with van der Waals surface area (Å²) in [6, 6.07) is 0. The smallest absolute Gasteiger partial charge is 0.0287 e. The van der Waals surface area contributed by atoms with E-state index in [2.05, 4.69) is 21.6 Å². The summed E-state index contributed by atoms with van der Waals surface area (Å²) < 4.78 is 0. The Morgan fingerprint density at radius 2 is 1.30 bits per heavy atom. The van der Waals surface area contributed by atoms with Crippen molar-refractivity contribution >= 4 is 41.2 Å². The molecule has 0 aromatic carbocycles. The van der Waals surface area contributed by atoms with Crippen LogP contribution in [0, 0.1) is 0 Å². The van der Waals surface area contributed by atoms with Gasteiger partial charge in [0, 0.05) is 10.5 Å². The van der Waals surface area contributed by atoms with Gasteiger partial charge in [-0.3, -0.25) is 0 Å². The molecule has 1 aliphatic carbocycles. The van der Waals surface area contributed by atoms with Gasteiger partial charge < -0.3 is 0 Å². The summed E-state index contributed by atoms with van der Waals surface area (Å²) in [6.45, 7) is 0. The Morgan fingerprint density at radius 1 is 0.800 bits per heavy atom. The lowest BCUT2D eigenvalue weighted by atomic mass is 10.00. The fourth-order valence-electron chi connectivity index (χ4n) is 1.42. The first-order chi connectivity index (χ1) is 4.97. The second-order valence-corrected chi connectivity index (χ2v) is 8.98. The van der Waals surface area contributed by atoms with Crippen LogP contribution in [0.25, 0.3) is 0 Å². The Hall–Kier alpha value is 1.40. The van der Waals surface area contributed by atoms with Crippen LogP contribution in [0.15, 0.2) is 0 Å². The average molecular weight is 210 g/mol. The Morgan fingerprint density at radius 3 is 1.80 bits per heavy atom. The molecule has 2 fully saturated rings. The molecular formula is C6H10S4. The molecule has 0 nitrogen and oxygen atoms in total. The highest BCUT2D eigenvalue weighted by atomic mass is 33.7. The maximum atomic E-state index is 2.11. The van der Waals surface area contributed by atoms with Crippen molar-refractivity contribution in [3.05, 3.63) is 0 Å². The van der Waals surface area contributed by atoms with Gasteiger partial charge in [-0.05, 0) is 32.5 Å². The highest BCUT2D eigenvalue weighted by Crippen LogP contribution is 2.58. The van der Waals surface area contributed by atoms with Gasteiger partial charge in [0.15, 0.2) is 0 Å². The average Bonchev–Trinajstić information content (AvgIpc) is 2.05. The van der Waals surface area contributed by atoms with Crippen molar-refractivity contribution in [2.45, 2.75) is 36.2 Å². The first-order valence-electron chi connectivity index (χ1n) is 3.62. The molecule has 2 atom stereocenters. The largest absolute Gasteiger partial charge is 0.0771 e. The van der Waals surface area contributed by atoms with Crippen LogP contribution in [0.1, 0.15) is 25.7 Å². The molecule has 1 saturated heterocycles. The molecule has 0 spiro atoms. The summed E-state index contributed by atoms with van der Waals surface area (Å²) in [6.07, 6.45) is 5.88. The first-order valence-corrected chi connectivity index (χ1v) is 8.56. The maximum absolute atomic E-state index is 2.11. The molecule has 1 aliphatic heterocycles. The summed E-state index contributed by atoms with van der Waals surface area (Å²) in [5.74, 6) is 0. The molecule has 0 radical (unpaired) electrons. The van der Waals surface area contributed by atoms with Crippen LogP contribution in [0.2, 0.25) is 0 Å². The van der Waals surface area contributed by atoms with E-state index in [4.69, 9.17) is 0 Å². The van der Waals surface area contributed by atoms with Gasteiger partial charge in [0.1, 0.15) is 0 Å². The zero-order valence-corrected chi connectivity index (χ0v) is 8.88. The van der Waals surface area contributed by atoms with Crippen molar-refractivity contribution in [3.8, 4) is 0 Å². The fraction of sp³-hybridized carbons (Fsp3) is 1.00. The monoisotopic (exact) mass is 210 g/mol. The highest BCUT2D eigenvalue weighted by molar-refractivity contribution is 9.27. The molecule has 4 heteroatoms. The lowest BCUT2D eigenvalue weighted by Gasteiger charge is -2.32. The van der Waals surface area contributed by atoms with Crippen LogP contribution in [0.5, 0.6) is 0 Å². The van der Waals surface area contributed by atoms with Crippen LogP contribution in [0.3, 0.4) is 0 Å². The van der Waals surface area contributed by atoms with Crippen LogP contribution < -0.4 is 0 Å². The van der Waals surface area contributed by atoms with Gasteiger partial charge in [-0.15, -0.1) is 0 Å². The lowest BCUT2D eigenvalue weighted by Crippen LogP contribution is -2.23. The molecule has 0 aromatic rings. The van der Waals surface area contributed by atoms with E-state index in [1.54, 1.807) is 0 Å². The summed E-state index contributed by atoms with van der Waals surface area (Å²) in [5, 5.41) is 1.95. The second kappa shape index (κ2) is 3.87. The predicted molar refractivity (Wildman–Crippen MR) is 56.4 cm³/mol. The van der Waals surface area contributed by atoms with Crippen molar-refractivity contribution < 1.29 is 0 Å². The van der Waals surface area contributed by atoms with Crippen LogP contribution in [-0.4, -0.2) is 10.5 Å². The zero-order valence-electron chi connectivity index (χ0n) is 5.62. The van der Waals surface area contributed by atoms with Gasteiger partial charge in [0.05, 0.1) is 0 Å². The Bertz CT molecular complexity index is 90.3. The minimum Gasteiger partial charge on any atom is -0.0771 e. The number of rotatable bonds is 0. The Balaban J connectivity index is 1.93. The zero-order chi connectivity index (χ0) is 6.81. The molecular weight excluding hydrogens is 200 g/mol. The first kappa shape index (κ1) is 8.02. The SMILES string of the molecule is C1CCC2SSSSC2C1. The summed E-state index contributed by atoms with van der Waals surface area (Å²) in [7, 11) is 8.17. The molecule has 2 rings (SSSR count). The summed E-state index contributed by atoms with van der Waals surface area (Å²) >= 11 is 0. The van der Waals surface area contributed by atoms with Crippen molar-refractivity contribution in [1.82, 2.24) is 0 Å². The lowest BCUT2D eigenvalue weighted by molar-refractivity contribution is 0.530. The van der Waals surface area contributed by atoms with Crippen molar-refractivity contribution in [2.24, 2.45) is 0 Å². The summed E-state index contributed by atoms with van der Waals surface area (Å²) in [4.78, 5) is 0. The topological polar surface area (TPSA) is 0 Å². The van der Waals surface area contributed by atoms with E-state index in [1.807, 2.05) is 19.7 Å². The predicted octanol–water partition coefficient (Wildman–Crippen LogP) is 3.99. The third-order valence-electron chi connectivity index (χ3n) is 2.00. The van der Waals surface area contributed by atoms with Crippen LogP contribution in [-0.2, 0) is 0 Å². The van der Waals surface area contributed by atoms with E-state index in [0.717, 1.165) is 10.5 Å². The van der Waals surface area contributed by atoms with E-state index >= 15 is 0 Å². The highest BCUT2D eigenvalue weighted by Gasteiger charge is 2.29. The van der Waals surface area contributed by atoms with Gasteiger partial charge in [-0.2, -0.15) is 0 Å². The molecule has 0 aromatic heterocycles. The van der Waals surface area contributed by atoms with Crippen molar-refractivity contribution in [3.63, 3.8) is 0 Å². The van der Waals surface area contributed by atoms with E-state index in [0.29, 0.717) is 0 Å². The molecule has 58 valence electrons. The van der Waals surface area contributed by atoms with Gasteiger partial charge in [0.25, 0.3) is 0 Å². The minimum atomic E-state index is 0.977. The Kier molecular flexibility index (Phi) is 3.11. The molecule has 1 heterocycles. The van der Waals surface area contributed by atoms with E-state index in [-0.39, 0.29) is 0 Å². The molecule has 0 bridgehead atoms. The number of hydrogen-bond acceptors (Lipinski definition) is 4. The second-order valence-electron chi connectivity index (χ2n) is 2.69. The van der Waals surface area contributed by atoms with Gasteiger partial charge >= 0.3 is 0 Å². The maximum Gasteiger partial charge on any atom is 0.0287 e. The number of hydrogen-bond donors (Lipinski definition) is 0. The molecule has 1 saturated carbocycles. The molecule has 0 N–H and O–H groups in total.